The van der Waals surface area contributed by atoms with E-state index in [-0.39, 0.29) is 5.84 Å². The number of nitrogens with zero attached hydrogens (tertiary/aromatic N) is 1. The molecule has 0 spiro atoms. The third kappa shape index (κ3) is 1.59. The summed E-state index contributed by atoms with van der Waals surface area (Å²) in [5.74, 6) is 0.0625. The largest absolute Gasteiger partial charge is 0.409 e. The average Bonchev–Trinajstić information content (AvgIpc) is 2.53. The molecule has 0 unspecified atom stereocenters. The molecule has 3 nitrogen and oxygen atoms in total. The van der Waals surface area contributed by atoms with E-state index in [4.69, 9.17) is 10.9 Å². The van der Waals surface area contributed by atoms with E-state index in [2.05, 4.69) is 11.7 Å². The molecule has 0 atom stereocenters. The maximum atomic E-state index is 8.31. The lowest BCUT2D eigenvalue weighted by atomic mass is 10.2. The Labute approximate surface area is 68.5 Å². The number of hydrogen-bond acceptors (Lipinski definition) is 3. The van der Waals surface area contributed by atoms with E-state index in [1.54, 1.807) is 0 Å². The third-order valence-electron chi connectivity index (χ3n) is 1.24. The van der Waals surface area contributed by atoms with Gasteiger partial charge in [0.25, 0.3) is 0 Å². The van der Waals surface area contributed by atoms with Crippen LogP contribution in [0.25, 0.3) is 5.57 Å². The van der Waals surface area contributed by atoms with Crippen molar-refractivity contribution in [2.75, 3.05) is 0 Å². The highest BCUT2D eigenvalue weighted by Crippen LogP contribution is 2.17. The minimum atomic E-state index is 0.0625. The zero-order valence-electron chi connectivity index (χ0n) is 5.82. The molecular weight excluding hydrogens is 160 g/mol. The van der Waals surface area contributed by atoms with Crippen molar-refractivity contribution in [3.63, 3.8) is 0 Å². The molecule has 0 aliphatic heterocycles. The number of hydrogen-bond donors (Lipinski definition) is 2. The molecule has 1 aromatic heterocycles. The summed E-state index contributed by atoms with van der Waals surface area (Å²) in [6.07, 6.45) is 0. The summed E-state index contributed by atoms with van der Waals surface area (Å²) >= 11 is 1.50. The van der Waals surface area contributed by atoms with Crippen LogP contribution >= 0.6 is 11.3 Å². The van der Waals surface area contributed by atoms with Crippen LogP contribution in [-0.2, 0) is 0 Å². The molecule has 0 saturated carbocycles. The quantitative estimate of drug-likeness (QED) is 0.304. The molecule has 0 fully saturated rings. The topological polar surface area (TPSA) is 58.6 Å². The van der Waals surface area contributed by atoms with Crippen molar-refractivity contribution in [3.8, 4) is 0 Å². The second-order valence-corrected chi connectivity index (χ2v) is 2.89. The van der Waals surface area contributed by atoms with Gasteiger partial charge in [0.15, 0.2) is 5.84 Å². The normalized spacial score (nSPS) is 11.5. The van der Waals surface area contributed by atoms with E-state index in [1.807, 2.05) is 17.5 Å². The Balaban J connectivity index is 2.87. The van der Waals surface area contributed by atoms with Gasteiger partial charge in [-0.15, -0.1) is 11.3 Å². The maximum absolute atomic E-state index is 8.31. The van der Waals surface area contributed by atoms with Crippen molar-refractivity contribution in [3.05, 3.63) is 29.0 Å². The fourth-order valence-electron chi connectivity index (χ4n) is 0.637. The first-order valence-corrected chi connectivity index (χ1v) is 3.84. The highest BCUT2D eigenvalue weighted by molar-refractivity contribution is 7.11. The van der Waals surface area contributed by atoms with Crippen LogP contribution in [0.2, 0.25) is 0 Å². The van der Waals surface area contributed by atoms with Gasteiger partial charge < -0.3 is 10.9 Å². The standard InChI is InChI=1S/C7H8N2OS/c1-5(7(8)9-10)6-3-2-4-11-6/h2-4,10H,1H2,(H2,8,9). The summed E-state index contributed by atoms with van der Waals surface area (Å²) in [4.78, 5) is 0.917. The number of thiophene rings is 1. The maximum Gasteiger partial charge on any atom is 0.170 e. The fourth-order valence-corrected chi connectivity index (χ4v) is 1.34. The van der Waals surface area contributed by atoms with E-state index >= 15 is 0 Å². The Morgan fingerprint density at radius 3 is 2.91 bits per heavy atom. The van der Waals surface area contributed by atoms with Crippen molar-refractivity contribution in [2.24, 2.45) is 10.9 Å². The predicted octanol–water partition coefficient (Wildman–Crippen LogP) is 1.51. The first-order valence-electron chi connectivity index (χ1n) is 2.96. The van der Waals surface area contributed by atoms with E-state index in [0.717, 1.165) is 4.88 Å². The molecule has 1 aromatic rings. The van der Waals surface area contributed by atoms with E-state index in [9.17, 15) is 0 Å². The van der Waals surface area contributed by atoms with Crippen LogP contribution in [-0.4, -0.2) is 11.0 Å². The summed E-state index contributed by atoms with van der Waals surface area (Å²) < 4.78 is 0. The molecule has 11 heavy (non-hydrogen) atoms. The molecule has 58 valence electrons. The van der Waals surface area contributed by atoms with Crippen LogP contribution in [0.5, 0.6) is 0 Å². The van der Waals surface area contributed by atoms with Crippen LogP contribution in [0.3, 0.4) is 0 Å². The summed E-state index contributed by atoms with van der Waals surface area (Å²) in [6.45, 7) is 3.66. The van der Waals surface area contributed by atoms with Crippen molar-refractivity contribution in [2.45, 2.75) is 0 Å². The zero-order valence-corrected chi connectivity index (χ0v) is 6.64. The van der Waals surface area contributed by atoms with Crippen LogP contribution in [0, 0.1) is 0 Å². The molecule has 0 aliphatic rings. The Morgan fingerprint density at radius 2 is 2.45 bits per heavy atom. The van der Waals surface area contributed by atoms with Crippen LogP contribution < -0.4 is 5.73 Å². The lowest BCUT2D eigenvalue weighted by molar-refractivity contribution is 0.319. The number of nitrogens with two attached hydrogens (primary N) is 1. The molecule has 0 radical (unpaired) electrons. The van der Waals surface area contributed by atoms with Gasteiger partial charge in [-0.3, -0.25) is 0 Å². The zero-order chi connectivity index (χ0) is 8.27. The van der Waals surface area contributed by atoms with Crippen LogP contribution in [0.4, 0.5) is 0 Å². The van der Waals surface area contributed by atoms with Gasteiger partial charge in [0.05, 0.1) is 0 Å². The van der Waals surface area contributed by atoms with Gasteiger partial charge in [-0.25, -0.2) is 0 Å². The van der Waals surface area contributed by atoms with Gasteiger partial charge in [0.2, 0.25) is 0 Å². The highest BCUT2D eigenvalue weighted by Gasteiger charge is 2.03. The fraction of sp³-hybridized carbons (Fsp3) is 0. The molecule has 0 amide bonds. The number of rotatable bonds is 2. The Hall–Kier alpha value is -1.29. The lowest BCUT2D eigenvalue weighted by Gasteiger charge is -1.97. The smallest absolute Gasteiger partial charge is 0.170 e. The van der Waals surface area contributed by atoms with Crippen molar-refractivity contribution in [1.29, 1.82) is 0 Å². The first kappa shape index (κ1) is 7.81. The summed E-state index contributed by atoms with van der Waals surface area (Å²) in [6, 6.07) is 3.75. The van der Waals surface area contributed by atoms with Gasteiger partial charge in [-0.05, 0) is 11.4 Å². The molecule has 4 heteroatoms. The lowest BCUT2D eigenvalue weighted by Crippen LogP contribution is -2.12. The molecule has 0 saturated heterocycles. The Morgan fingerprint density at radius 1 is 1.73 bits per heavy atom. The SMILES string of the molecule is C=C(C(N)=NO)c1cccs1. The number of amidine groups is 1. The monoisotopic (exact) mass is 168 g/mol. The first-order chi connectivity index (χ1) is 5.25. The average molecular weight is 168 g/mol. The van der Waals surface area contributed by atoms with Crippen LogP contribution in [0.1, 0.15) is 4.88 Å². The van der Waals surface area contributed by atoms with E-state index < -0.39 is 0 Å². The summed E-state index contributed by atoms with van der Waals surface area (Å²) in [5, 5.41) is 13.1. The molecule has 1 rings (SSSR count). The van der Waals surface area contributed by atoms with Gasteiger partial charge in [-0.2, -0.15) is 0 Å². The molecule has 0 bridgehead atoms. The van der Waals surface area contributed by atoms with Crippen LogP contribution in [0.15, 0.2) is 29.2 Å². The molecule has 1 heterocycles. The molecule has 0 aliphatic carbocycles. The highest BCUT2D eigenvalue weighted by atomic mass is 32.1. The minimum absolute atomic E-state index is 0.0625. The second-order valence-electron chi connectivity index (χ2n) is 1.94. The van der Waals surface area contributed by atoms with E-state index in [1.165, 1.54) is 11.3 Å². The van der Waals surface area contributed by atoms with E-state index in [0.29, 0.717) is 5.57 Å². The van der Waals surface area contributed by atoms with Gasteiger partial charge in [-0.1, -0.05) is 17.8 Å². The Bertz CT molecular complexity index is 277. The van der Waals surface area contributed by atoms with Crippen molar-refractivity contribution < 1.29 is 5.21 Å². The number of oxime groups is 1. The molecule has 0 aromatic carbocycles. The molecule has 3 N–H and O–H groups in total. The van der Waals surface area contributed by atoms with Gasteiger partial charge in [0, 0.05) is 10.5 Å². The third-order valence-corrected chi connectivity index (χ3v) is 2.17. The van der Waals surface area contributed by atoms with Crippen molar-refractivity contribution >= 4 is 22.7 Å². The summed E-state index contributed by atoms with van der Waals surface area (Å²) in [5.41, 5.74) is 5.87. The minimum Gasteiger partial charge on any atom is -0.409 e. The van der Waals surface area contributed by atoms with Crippen molar-refractivity contribution in [1.82, 2.24) is 0 Å². The van der Waals surface area contributed by atoms with Gasteiger partial charge in [0.1, 0.15) is 0 Å². The second kappa shape index (κ2) is 3.21. The molecular formula is C7H8N2OS. The van der Waals surface area contributed by atoms with Gasteiger partial charge >= 0.3 is 0 Å². The summed E-state index contributed by atoms with van der Waals surface area (Å²) in [7, 11) is 0. The predicted molar refractivity (Wildman–Crippen MR) is 46.8 cm³/mol. The Kier molecular flexibility index (Phi) is 2.28.